The molecule has 2 aliphatic heterocycles. The van der Waals surface area contributed by atoms with Gasteiger partial charge in [0.25, 0.3) is 0 Å². The Bertz CT molecular complexity index is 341. The summed E-state index contributed by atoms with van der Waals surface area (Å²) in [6, 6.07) is -0.446. The number of terminal acetylenes is 1. The van der Waals surface area contributed by atoms with E-state index in [1.807, 2.05) is 6.92 Å². The SMILES string of the molecule is C#C[C@H]1O[C@H]2SC(NCC)=N[C@H]2[C@@H](O)[C@@H]1O. The molecule has 0 saturated carbocycles. The fourth-order valence-electron chi connectivity index (χ4n) is 1.73. The number of ether oxygens (including phenoxy) is 1. The molecule has 2 aliphatic rings. The zero-order valence-electron chi connectivity index (χ0n) is 8.83. The topological polar surface area (TPSA) is 74.1 Å². The first kappa shape index (κ1) is 11.7. The molecule has 2 rings (SSSR count). The number of fused-ring (bicyclic) bond motifs is 1. The summed E-state index contributed by atoms with van der Waals surface area (Å²) in [4.78, 5) is 4.26. The molecule has 3 N–H and O–H groups in total. The lowest BCUT2D eigenvalue weighted by molar-refractivity contribution is -0.131. The lowest BCUT2D eigenvalue weighted by atomic mass is 9.99. The van der Waals surface area contributed by atoms with Crippen molar-refractivity contribution in [3.05, 3.63) is 0 Å². The van der Waals surface area contributed by atoms with Crippen molar-refractivity contribution in [2.45, 2.75) is 36.7 Å². The zero-order valence-corrected chi connectivity index (χ0v) is 9.65. The molecule has 0 amide bonds. The van der Waals surface area contributed by atoms with E-state index in [0.717, 1.165) is 11.7 Å². The Balaban J connectivity index is 2.11. The normalized spacial score (nSPS) is 42.1. The lowest BCUT2D eigenvalue weighted by Crippen LogP contribution is -2.54. The third kappa shape index (κ3) is 1.92. The maximum Gasteiger partial charge on any atom is 0.159 e. The van der Waals surface area contributed by atoms with Crippen molar-refractivity contribution >= 4 is 16.9 Å². The highest BCUT2D eigenvalue weighted by molar-refractivity contribution is 8.14. The first-order valence-corrected chi connectivity index (χ1v) is 6.01. The lowest BCUT2D eigenvalue weighted by Gasteiger charge is -2.35. The van der Waals surface area contributed by atoms with Crippen molar-refractivity contribution < 1.29 is 14.9 Å². The van der Waals surface area contributed by atoms with Gasteiger partial charge in [-0.2, -0.15) is 0 Å². The number of hydrogen-bond acceptors (Lipinski definition) is 6. The van der Waals surface area contributed by atoms with Crippen LogP contribution in [0.1, 0.15) is 6.92 Å². The summed E-state index contributed by atoms with van der Waals surface area (Å²) in [7, 11) is 0. The summed E-state index contributed by atoms with van der Waals surface area (Å²) >= 11 is 1.39. The number of aliphatic imine (C=N–C) groups is 1. The van der Waals surface area contributed by atoms with Crippen molar-refractivity contribution in [2.75, 3.05) is 6.54 Å². The van der Waals surface area contributed by atoms with Gasteiger partial charge in [0.05, 0.1) is 0 Å². The first-order chi connectivity index (χ1) is 7.67. The summed E-state index contributed by atoms with van der Waals surface area (Å²) in [5, 5.41) is 23.3. The van der Waals surface area contributed by atoms with Crippen molar-refractivity contribution in [1.29, 1.82) is 0 Å². The average Bonchev–Trinajstić information content (AvgIpc) is 2.67. The van der Waals surface area contributed by atoms with E-state index in [1.165, 1.54) is 11.8 Å². The number of nitrogens with one attached hydrogen (secondary N) is 1. The quantitative estimate of drug-likeness (QED) is 0.522. The maximum atomic E-state index is 9.86. The second kappa shape index (κ2) is 4.63. The van der Waals surface area contributed by atoms with E-state index in [4.69, 9.17) is 11.2 Å². The van der Waals surface area contributed by atoms with E-state index in [-0.39, 0.29) is 5.44 Å². The number of nitrogens with zero attached hydrogens (tertiary/aromatic N) is 1. The smallest absolute Gasteiger partial charge is 0.159 e. The summed E-state index contributed by atoms with van der Waals surface area (Å²) in [6.45, 7) is 2.71. The molecule has 0 radical (unpaired) electrons. The predicted molar refractivity (Wildman–Crippen MR) is 62.0 cm³/mol. The van der Waals surface area contributed by atoms with Gasteiger partial charge in [0, 0.05) is 6.54 Å². The Hall–Kier alpha value is -0.740. The number of aliphatic hydroxyl groups is 2. The summed E-state index contributed by atoms with van der Waals surface area (Å²) < 4.78 is 5.48. The third-order valence-electron chi connectivity index (χ3n) is 2.56. The number of hydrogen-bond donors (Lipinski definition) is 3. The zero-order chi connectivity index (χ0) is 11.7. The minimum Gasteiger partial charge on any atom is -0.388 e. The Labute approximate surface area is 98.3 Å². The molecule has 1 saturated heterocycles. The summed E-state index contributed by atoms with van der Waals surface area (Å²) in [6.07, 6.45) is 2.42. The van der Waals surface area contributed by atoms with Crippen LogP contribution >= 0.6 is 11.8 Å². The van der Waals surface area contributed by atoms with Crippen LogP contribution in [0.3, 0.4) is 0 Å². The van der Waals surface area contributed by atoms with Crippen LogP contribution in [0.2, 0.25) is 0 Å². The fourth-order valence-corrected chi connectivity index (χ4v) is 2.90. The molecule has 5 nitrogen and oxygen atoms in total. The molecule has 1 fully saturated rings. The van der Waals surface area contributed by atoms with Crippen LogP contribution in [0.5, 0.6) is 0 Å². The number of amidine groups is 1. The molecule has 88 valence electrons. The van der Waals surface area contributed by atoms with Crippen LogP contribution in [-0.2, 0) is 4.74 Å². The highest BCUT2D eigenvalue weighted by atomic mass is 32.2. The van der Waals surface area contributed by atoms with E-state index in [1.54, 1.807) is 0 Å². The molecular weight excluding hydrogens is 228 g/mol. The van der Waals surface area contributed by atoms with Gasteiger partial charge in [0.15, 0.2) is 5.17 Å². The molecule has 0 aromatic rings. The molecule has 0 spiro atoms. The van der Waals surface area contributed by atoms with Crippen LogP contribution in [0.25, 0.3) is 0 Å². The van der Waals surface area contributed by atoms with Crippen molar-refractivity contribution in [2.24, 2.45) is 4.99 Å². The summed E-state index contributed by atoms with van der Waals surface area (Å²) in [5.74, 6) is 2.33. The highest BCUT2D eigenvalue weighted by Crippen LogP contribution is 2.35. The highest BCUT2D eigenvalue weighted by Gasteiger charge is 2.47. The molecule has 0 aliphatic carbocycles. The van der Waals surface area contributed by atoms with E-state index in [2.05, 4.69) is 16.2 Å². The molecule has 0 aromatic heterocycles. The van der Waals surface area contributed by atoms with Gasteiger partial charge < -0.3 is 20.3 Å². The monoisotopic (exact) mass is 242 g/mol. The number of rotatable bonds is 1. The van der Waals surface area contributed by atoms with Crippen LogP contribution in [0.4, 0.5) is 0 Å². The standard InChI is InChI=1S/C10H14N2O3S/c1-3-5-7(13)8(14)6-9(15-5)16-10(12-6)11-4-2/h1,5-9,13-14H,4H2,2H3,(H,11,12)/t5-,6+,7-,8-,9+/m1/s1. The van der Waals surface area contributed by atoms with E-state index < -0.39 is 24.4 Å². The van der Waals surface area contributed by atoms with Gasteiger partial charge in [-0.1, -0.05) is 17.7 Å². The second-order valence-electron chi connectivity index (χ2n) is 3.65. The van der Waals surface area contributed by atoms with Gasteiger partial charge in [0.2, 0.25) is 0 Å². The minimum atomic E-state index is -1.07. The van der Waals surface area contributed by atoms with Crippen LogP contribution in [0.15, 0.2) is 4.99 Å². The number of aliphatic hydroxyl groups excluding tert-OH is 2. The Morgan fingerprint density at radius 2 is 2.31 bits per heavy atom. The molecule has 16 heavy (non-hydrogen) atoms. The van der Waals surface area contributed by atoms with Gasteiger partial charge in [-0.25, -0.2) is 0 Å². The van der Waals surface area contributed by atoms with Crippen LogP contribution < -0.4 is 5.32 Å². The van der Waals surface area contributed by atoms with Crippen molar-refractivity contribution in [3.8, 4) is 12.3 Å². The summed E-state index contributed by atoms with van der Waals surface area (Å²) in [5.41, 5.74) is -0.312. The molecule has 5 atom stereocenters. The van der Waals surface area contributed by atoms with E-state index >= 15 is 0 Å². The second-order valence-corrected chi connectivity index (χ2v) is 4.73. The van der Waals surface area contributed by atoms with Gasteiger partial charge in [-0.05, 0) is 6.92 Å². The molecule has 6 heteroatoms. The Morgan fingerprint density at radius 1 is 1.56 bits per heavy atom. The largest absolute Gasteiger partial charge is 0.388 e. The predicted octanol–water partition coefficient (Wildman–Crippen LogP) is -0.853. The average molecular weight is 242 g/mol. The first-order valence-electron chi connectivity index (χ1n) is 5.13. The van der Waals surface area contributed by atoms with Crippen LogP contribution in [-0.4, -0.2) is 51.7 Å². The Morgan fingerprint density at radius 3 is 2.94 bits per heavy atom. The van der Waals surface area contributed by atoms with E-state index in [9.17, 15) is 10.2 Å². The van der Waals surface area contributed by atoms with Crippen LogP contribution in [0, 0.1) is 12.3 Å². The molecule has 2 heterocycles. The van der Waals surface area contributed by atoms with Gasteiger partial charge in [0.1, 0.15) is 29.8 Å². The van der Waals surface area contributed by atoms with Crippen molar-refractivity contribution in [3.63, 3.8) is 0 Å². The number of thioether (sulfide) groups is 1. The third-order valence-corrected chi connectivity index (χ3v) is 3.65. The van der Waals surface area contributed by atoms with E-state index in [0.29, 0.717) is 0 Å². The van der Waals surface area contributed by atoms with Gasteiger partial charge >= 0.3 is 0 Å². The molecule has 0 aromatic carbocycles. The maximum absolute atomic E-state index is 9.86. The molecule has 0 bridgehead atoms. The minimum absolute atomic E-state index is 0.312. The molecular formula is C10H14N2O3S. The molecule has 0 unspecified atom stereocenters. The Kier molecular flexibility index (Phi) is 3.40. The van der Waals surface area contributed by atoms with Crippen molar-refractivity contribution in [1.82, 2.24) is 5.32 Å². The van der Waals surface area contributed by atoms with Gasteiger partial charge in [-0.3, -0.25) is 4.99 Å². The van der Waals surface area contributed by atoms with Gasteiger partial charge in [-0.15, -0.1) is 6.42 Å². The fraction of sp³-hybridized carbons (Fsp3) is 0.700.